The third-order valence-corrected chi connectivity index (χ3v) is 6.90. The Bertz CT molecular complexity index is 1070. The van der Waals surface area contributed by atoms with Crippen LogP contribution in [0.5, 0.6) is 17.2 Å². The van der Waals surface area contributed by atoms with Crippen molar-refractivity contribution in [3.05, 3.63) is 47.5 Å². The van der Waals surface area contributed by atoms with Crippen molar-refractivity contribution in [1.29, 1.82) is 0 Å². The Morgan fingerprint density at radius 3 is 2.62 bits per heavy atom. The van der Waals surface area contributed by atoms with Crippen LogP contribution in [0.3, 0.4) is 0 Å². The van der Waals surface area contributed by atoms with Crippen molar-refractivity contribution in [3.63, 3.8) is 0 Å². The molecule has 0 saturated carbocycles. The van der Waals surface area contributed by atoms with Gasteiger partial charge in [-0.05, 0) is 54.7 Å². The predicted octanol–water partition coefficient (Wildman–Crippen LogP) is 2.20. The van der Waals surface area contributed by atoms with Crippen LogP contribution in [0, 0.1) is 0 Å². The lowest BCUT2D eigenvalue weighted by atomic mass is 10.1. The van der Waals surface area contributed by atoms with Gasteiger partial charge in [0.1, 0.15) is 12.4 Å². The summed E-state index contributed by atoms with van der Waals surface area (Å²) < 4.78 is 44.3. The zero-order chi connectivity index (χ0) is 22.4. The van der Waals surface area contributed by atoms with E-state index in [0.717, 1.165) is 25.0 Å². The number of sulfonamides is 1. The number of amides is 1. The summed E-state index contributed by atoms with van der Waals surface area (Å²) in [6, 6.07) is 10.6. The topological polar surface area (TPSA) is 103 Å². The standard InChI is InChI=1S/C23H28N2O6S/c26-23(24-11-14-29-19-6-5-17-3-1-4-18(17)15-19)9-10-25-32(27,28)20-7-8-21-22(16-20)31-13-2-12-30-21/h5-8,15-16,25H,1-4,9-14H2,(H,24,26). The van der Waals surface area contributed by atoms with Crippen molar-refractivity contribution in [2.45, 2.75) is 37.0 Å². The van der Waals surface area contributed by atoms with Crippen molar-refractivity contribution in [2.24, 2.45) is 0 Å². The average Bonchev–Trinajstić information content (AvgIpc) is 3.12. The highest BCUT2D eigenvalue weighted by molar-refractivity contribution is 7.89. The summed E-state index contributed by atoms with van der Waals surface area (Å²) in [6.07, 6.45) is 4.17. The van der Waals surface area contributed by atoms with Gasteiger partial charge in [-0.15, -0.1) is 0 Å². The smallest absolute Gasteiger partial charge is 0.240 e. The van der Waals surface area contributed by atoms with Crippen LogP contribution in [-0.4, -0.2) is 47.2 Å². The first kappa shape index (κ1) is 22.4. The zero-order valence-electron chi connectivity index (χ0n) is 17.9. The largest absolute Gasteiger partial charge is 0.492 e. The fourth-order valence-electron chi connectivity index (χ4n) is 3.78. The van der Waals surface area contributed by atoms with Gasteiger partial charge in [0.2, 0.25) is 15.9 Å². The van der Waals surface area contributed by atoms with E-state index < -0.39 is 10.0 Å². The summed E-state index contributed by atoms with van der Waals surface area (Å²) in [4.78, 5) is 12.1. The molecule has 0 saturated heterocycles. The highest BCUT2D eigenvalue weighted by Gasteiger charge is 2.19. The molecule has 0 atom stereocenters. The number of fused-ring (bicyclic) bond motifs is 2. The van der Waals surface area contributed by atoms with E-state index in [4.69, 9.17) is 14.2 Å². The zero-order valence-corrected chi connectivity index (χ0v) is 18.7. The second kappa shape index (κ2) is 10.2. The van der Waals surface area contributed by atoms with Gasteiger partial charge >= 0.3 is 0 Å². The van der Waals surface area contributed by atoms with Crippen molar-refractivity contribution in [3.8, 4) is 17.2 Å². The molecule has 8 nitrogen and oxygen atoms in total. The lowest BCUT2D eigenvalue weighted by molar-refractivity contribution is -0.121. The van der Waals surface area contributed by atoms with Gasteiger partial charge in [-0.25, -0.2) is 13.1 Å². The summed E-state index contributed by atoms with van der Waals surface area (Å²) in [5, 5.41) is 2.74. The highest BCUT2D eigenvalue weighted by Crippen LogP contribution is 2.31. The first-order valence-electron chi connectivity index (χ1n) is 10.9. The molecule has 32 heavy (non-hydrogen) atoms. The molecule has 1 aliphatic heterocycles. The summed E-state index contributed by atoms with van der Waals surface area (Å²) >= 11 is 0. The SMILES string of the molecule is O=C(CCNS(=O)(=O)c1ccc2c(c1)OCCCO2)NCCOc1ccc2c(c1)CCC2. The van der Waals surface area contributed by atoms with E-state index in [1.54, 1.807) is 6.07 Å². The number of nitrogens with one attached hydrogen (secondary N) is 2. The molecule has 1 amide bonds. The lowest BCUT2D eigenvalue weighted by Gasteiger charge is -2.11. The Morgan fingerprint density at radius 1 is 0.938 bits per heavy atom. The molecule has 0 radical (unpaired) electrons. The molecule has 0 spiro atoms. The molecule has 2 aliphatic rings. The molecular weight excluding hydrogens is 432 g/mol. The highest BCUT2D eigenvalue weighted by atomic mass is 32.2. The summed E-state index contributed by atoms with van der Waals surface area (Å²) in [7, 11) is -3.76. The normalized spacial score (nSPS) is 15.0. The van der Waals surface area contributed by atoms with E-state index in [1.165, 1.54) is 29.7 Å². The van der Waals surface area contributed by atoms with E-state index in [-0.39, 0.29) is 23.8 Å². The molecule has 2 aromatic rings. The van der Waals surface area contributed by atoms with Crippen molar-refractivity contribution in [1.82, 2.24) is 10.0 Å². The van der Waals surface area contributed by atoms with Gasteiger partial charge in [-0.2, -0.15) is 0 Å². The summed E-state index contributed by atoms with van der Waals surface area (Å²) in [5.74, 6) is 1.50. The van der Waals surface area contributed by atoms with Crippen LogP contribution >= 0.6 is 0 Å². The van der Waals surface area contributed by atoms with E-state index >= 15 is 0 Å². The van der Waals surface area contributed by atoms with Crippen LogP contribution in [0.15, 0.2) is 41.3 Å². The van der Waals surface area contributed by atoms with Crippen LogP contribution in [-0.2, 0) is 27.7 Å². The monoisotopic (exact) mass is 460 g/mol. The summed E-state index contributed by atoms with van der Waals surface area (Å²) in [5.41, 5.74) is 2.73. The van der Waals surface area contributed by atoms with E-state index in [1.807, 2.05) is 6.07 Å². The molecule has 172 valence electrons. The van der Waals surface area contributed by atoms with Crippen LogP contribution in [0.25, 0.3) is 0 Å². The first-order chi connectivity index (χ1) is 15.5. The summed E-state index contributed by atoms with van der Waals surface area (Å²) in [6.45, 7) is 1.71. The number of carbonyl (C=O) groups excluding carboxylic acids is 1. The third-order valence-electron chi connectivity index (χ3n) is 5.44. The van der Waals surface area contributed by atoms with Gasteiger partial charge in [0, 0.05) is 25.5 Å². The minimum Gasteiger partial charge on any atom is -0.492 e. The number of hydrogen-bond donors (Lipinski definition) is 2. The third kappa shape index (κ3) is 5.72. The van der Waals surface area contributed by atoms with Gasteiger partial charge < -0.3 is 19.5 Å². The Labute approximate surface area is 188 Å². The second-order valence-corrected chi connectivity index (χ2v) is 9.56. The maximum absolute atomic E-state index is 12.5. The maximum Gasteiger partial charge on any atom is 0.240 e. The molecule has 0 fully saturated rings. The second-order valence-electron chi connectivity index (χ2n) is 7.79. The molecule has 2 aromatic carbocycles. The van der Waals surface area contributed by atoms with Crippen molar-refractivity contribution < 1.29 is 27.4 Å². The Kier molecular flexibility index (Phi) is 7.16. The number of ether oxygens (including phenoxy) is 3. The fourth-order valence-corrected chi connectivity index (χ4v) is 4.83. The van der Waals surface area contributed by atoms with E-state index in [2.05, 4.69) is 22.2 Å². The number of benzene rings is 2. The minimum atomic E-state index is -3.76. The van der Waals surface area contributed by atoms with Gasteiger partial charge in [-0.1, -0.05) is 6.07 Å². The van der Waals surface area contributed by atoms with E-state index in [0.29, 0.717) is 37.9 Å². The van der Waals surface area contributed by atoms with Crippen LogP contribution in [0.1, 0.15) is 30.4 Å². The Balaban J connectivity index is 1.18. The van der Waals surface area contributed by atoms with Gasteiger partial charge in [0.15, 0.2) is 11.5 Å². The van der Waals surface area contributed by atoms with Gasteiger partial charge in [0.25, 0.3) is 0 Å². The van der Waals surface area contributed by atoms with E-state index in [9.17, 15) is 13.2 Å². The van der Waals surface area contributed by atoms with Crippen LogP contribution < -0.4 is 24.2 Å². The molecule has 9 heteroatoms. The van der Waals surface area contributed by atoms with Crippen LogP contribution in [0.4, 0.5) is 0 Å². The molecule has 2 N–H and O–H groups in total. The molecule has 1 aliphatic carbocycles. The molecule has 0 unspecified atom stereocenters. The minimum absolute atomic E-state index is 0.00567. The van der Waals surface area contributed by atoms with Gasteiger partial charge in [0.05, 0.1) is 24.7 Å². The maximum atomic E-state index is 12.5. The molecule has 4 rings (SSSR count). The number of rotatable bonds is 9. The predicted molar refractivity (Wildman–Crippen MR) is 119 cm³/mol. The van der Waals surface area contributed by atoms with Crippen molar-refractivity contribution >= 4 is 15.9 Å². The molecule has 1 heterocycles. The fraction of sp³-hybridized carbons (Fsp3) is 0.435. The van der Waals surface area contributed by atoms with Crippen molar-refractivity contribution in [2.75, 3.05) is 32.9 Å². The molecule has 0 aromatic heterocycles. The number of hydrogen-bond acceptors (Lipinski definition) is 6. The first-order valence-corrected chi connectivity index (χ1v) is 12.4. The quantitative estimate of drug-likeness (QED) is 0.556. The molecular formula is C23H28N2O6S. The van der Waals surface area contributed by atoms with Crippen LogP contribution in [0.2, 0.25) is 0 Å². The van der Waals surface area contributed by atoms with Gasteiger partial charge in [-0.3, -0.25) is 4.79 Å². The molecule has 0 bridgehead atoms. The lowest BCUT2D eigenvalue weighted by Crippen LogP contribution is -2.32. The number of carbonyl (C=O) groups is 1. The average molecular weight is 461 g/mol. The Hall–Kier alpha value is -2.78. The number of aryl methyl sites for hydroxylation is 2. The Morgan fingerprint density at radius 2 is 1.75 bits per heavy atom.